The minimum atomic E-state index is -1.17. The van der Waals surface area contributed by atoms with Crippen molar-refractivity contribution >= 4 is 33.7 Å². The van der Waals surface area contributed by atoms with E-state index in [0.717, 1.165) is 21.8 Å². The molecule has 1 aromatic carbocycles. The Kier molecular flexibility index (Phi) is 3.87. The van der Waals surface area contributed by atoms with Crippen LogP contribution in [0.5, 0.6) is 0 Å². The Morgan fingerprint density at radius 3 is 2.67 bits per heavy atom. The first-order valence-electron chi connectivity index (χ1n) is 4.87. The van der Waals surface area contributed by atoms with Gasteiger partial charge in [0.1, 0.15) is 0 Å². The first-order valence-corrected chi connectivity index (χ1v) is 6.65. The summed E-state index contributed by atoms with van der Waals surface area (Å²) in [5.74, 6) is 4.90. The van der Waals surface area contributed by atoms with Crippen molar-refractivity contribution in [3.63, 3.8) is 0 Å². The molecule has 94 valence electrons. The fraction of sp³-hybridized carbons (Fsp3) is 0.100. The van der Waals surface area contributed by atoms with Gasteiger partial charge in [-0.25, -0.2) is 4.68 Å². The van der Waals surface area contributed by atoms with Crippen molar-refractivity contribution in [2.24, 2.45) is 0 Å². The van der Waals surface area contributed by atoms with E-state index in [1.165, 1.54) is 4.68 Å². The second-order valence-electron chi connectivity index (χ2n) is 3.34. The van der Waals surface area contributed by atoms with Gasteiger partial charge in [-0.3, -0.25) is 0 Å². The lowest BCUT2D eigenvalue weighted by atomic mass is 10.2. The number of aliphatic carboxylic acids is 1. The van der Waals surface area contributed by atoms with Gasteiger partial charge >= 0.3 is 0 Å². The van der Waals surface area contributed by atoms with Crippen LogP contribution in [0, 0.1) is 0 Å². The van der Waals surface area contributed by atoms with Crippen LogP contribution in [0.2, 0.25) is 0 Å². The summed E-state index contributed by atoms with van der Waals surface area (Å²) in [5.41, 5.74) is 0.800. The second kappa shape index (κ2) is 5.40. The van der Waals surface area contributed by atoms with Crippen LogP contribution >= 0.6 is 27.7 Å². The molecule has 2 N–H and O–H groups in total. The number of hydrogen-bond acceptors (Lipinski definition) is 6. The predicted octanol–water partition coefficient (Wildman–Crippen LogP) is 0.263. The normalized spacial score (nSPS) is 10.5. The molecular weight excluding hydrogens is 320 g/mol. The van der Waals surface area contributed by atoms with Crippen molar-refractivity contribution in [2.75, 3.05) is 11.6 Å². The molecule has 2 aromatic rings. The molecule has 2 rings (SSSR count). The highest BCUT2D eigenvalue weighted by molar-refractivity contribution is 9.10. The highest BCUT2D eigenvalue weighted by atomic mass is 79.9. The van der Waals surface area contributed by atoms with Crippen LogP contribution in [0.25, 0.3) is 11.4 Å². The van der Waals surface area contributed by atoms with E-state index in [1.807, 2.05) is 24.3 Å². The van der Waals surface area contributed by atoms with Gasteiger partial charge in [0.25, 0.3) is 0 Å². The zero-order valence-electron chi connectivity index (χ0n) is 9.04. The molecule has 0 saturated carbocycles. The van der Waals surface area contributed by atoms with Crippen LogP contribution in [0.4, 0.5) is 0 Å². The fourth-order valence-electron chi connectivity index (χ4n) is 1.29. The van der Waals surface area contributed by atoms with E-state index < -0.39 is 5.97 Å². The highest BCUT2D eigenvalue weighted by Gasteiger charge is 2.11. The molecule has 0 bridgehead atoms. The van der Waals surface area contributed by atoms with E-state index in [0.29, 0.717) is 11.0 Å². The van der Waals surface area contributed by atoms with Gasteiger partial charge in [0.15, 0.2) is 5.82 Å². The Morgan fingerprint density at radius 2 is 2.06 bits per heavy atom. The number of rotatable bonds is 4. The second-order valence-corrected chi connectivity index (χ2v) is 5.20. The van der Waals surface area contributed by atoms with Crippen LogP contribution < -0.4 is 10.9 Å². The minimum absolute atomic E-state index is 0.213. The number of carbonyl (C=O) groups is 1. The van der Waals surface area contributed by atoms with Crippen molar-refractivity contribution in [2.45, 2.75) is 5.16 Å². The summed E-state index contributed by atoms with van der Waals surface area (Å²) in [7, 11) is 0. The van der Waals surface area contributed by atoms with Crippen molar-refractivity contribution in [1.29, 1.82) is 0 Å². The number of hydrogen-bond donors (Lipinski definition) is 1. The standard InChI is InChI=1S/C10H9BrN4O2S/c11-7-3-1-6(2-4-7)9-13-14-10(15(9)12)18-5-8(16)17/h1-4H,5,12H2,(H,16,17)/p-1. The Balaban J connectivity index is 2.25. The van der Waals surface area contributed by atoms with E-state index >= 15 is 0 Å². The zero-order valence-corrected chi connectivity index (χ0v) is 11.4. The topological polar surface area (TPSA) is 96.9 Å². The first-order chi connectivity index (χ1) is 8.58. The van der Waals surface area contributed by atoms with Crippen LogP contribution in [0.15, 0.2) is 33.9 Å². The van der Waals surface area contributed by atoms with Crippen LogP contribution in [0.1, 0.15) is 0 Å². The van der Waals surface area contributed by atoms with E-state index in [4.69, 9.17) is 5.84 Å². The summed E-state index contributed by atoms with van der Waals surface area (Å²) in [6.45, 7) is 0. The Bertz CT molecular complexity index is 570. The fourth-order valence-corrected chi connectivity index (χ4v) is 2.13. The summed E-state index contributed by atoms with van der Waals surface area (Å²) >= 11 is 4.30. The molecule has 0 saturated heterocycles. The monoisotopic (exact) mass is 327 g/mol. The molecule has 18 heavy (non-hydrogen) atoms. The molecule has 1 heterocycles. The molecule has 0 aliphatic carbocycles. The van der Waals surface area contributed by atoms with E-state index in [9.17, 15) is 9.90 Å². The quantitative estimate of drug-likeness (QED) is 0.639. The number of carbonyl (C=O) groups excluding carboxylic acids is 1. The molecule has 0 atom stereocenters. The Labute approximate surface area is 115 Å². The van der Waals surface area contributed by atoms with E-state index in [1.54, 1.807) is 0 Å². The number of carboxylic acid groups (broad SMARTS) is 1. The van der Waals surface area contributed by atoms with Gasteiger partial charge in [-0.2, -0.15) is 0 Å². The van der Waals surface area contributed by atoms with Crippen molar-refractivity contribution in [3.8, 4) is 11.4 Å². The molecule has 0 spiro atoms. The van der Waals surface area contributed by atoms with Crippen LogP contribution in [0.3, 0.4) is 0 Å². The Morgan fingerprint density at radius 1 is 1.39 bits per heavy atom. The molecule has 6 nitrogen and oxygen atoms in total. The number of aromatic nitrogens is 3. The van der Waals surface area contributed by atoms with Crippen molar-refractivity contribution < 1.29 is 9.90 Å². The lowest BCUT2D eigenvalue weighted by Crippen LogP contribution is -2.24. The lowest BCUT2D eigenvalue weighted by Gasteiger charge is -2.04. The Hall–Kier alpha value is -1.54. The van der Waals surface area contributed by atoms with Gasteiger partial charge in [-0.15, -0.1) is 10.2 Å². The third-order valence-electron chi connectivity index (χ3n) is 2.09. The summed E-state index contributed by atoms with van der Waals surface area (Å²) in [4.78, 5) is 10.4. The molecule has 0 amide bonds. The number of benzene rings is 1. The summed E-state index contributed by atoms with van der Waals surface area (Å²) in [6, 6.07) is 7.39. The predicted molar refractivity (Wildman–Crippen MR) is 69.0 cm³/mol. The van der Waals surface area contributed by atoms with E-state index in [-0.39, 0.29) is 5.75 Å². The molecule has 8 heteroatoms. The first kappa shape index (κ1) is 12.9. The zero-order chi connectivity index (χ0) is 13.1. The SMILES string of the molecule is Nn1c(SCC(=O)[O-])nnc1-c1ccc(Br)cc1. The maximum Gasteiger partial charge on any atom is 0.210 e. The van der Waals surface area contributed by atoms with Gasteiger partial charge in [0.05, 0.1) is 5.97 Å². The summed E-state index contributed by atoms with van der Waals surface area (Å²) in [5, 5.41) is 18.5. The largest absolute Gasteiger partial charge is 0.549 e. The number of carboxylic acids is 1. The maximum absolute atomic E-state index is 10.4. The average Bonchev–Trinajstić information content (AvgIpc) is 2.69. The molecule has 0 fully saturated rings. The van der Waals surface area contributed by atoms with E-state index in [2.05, 4.69) is 26.1 Å². The maximum atomic E-state index is 10.4. The van der Waals surface area contributed by atoms with Crippen molar-refractivity contribution in [3.05, 3.63) is 28.7 Å². The number of nitrogens with two attached hydrogens (primary N) is 1. The van der Waals surface area contributed by atoms with Gasteiger partial charge in [0.2, 0.25) is 5.16 Å². The van der Waals surface area contributed by atoms with Gasteiger partial charge in [-0.05, 0) is 12.1 Å². The summed E-state index contributed by atoms with van der Waals surface area (Å²) < 4.78 is 2.21. The van der Waals surface area contributed by atoms with Crippen LogP contribution in [-0.4, -0.2) is 26.6 Å². The van der Waals surface area contributed by atoms with Gasteiger partial charge < -0.3 is 15.7 Å². The van der Waals surface area contributed by atoms with Crippen molar-refractivity contribution in [1.82, 2.24) is 14.9 Å². The lowest BCUT2D eigenvalue weighted by molar-refractivity contribution is -0.301. The number of thioether (sulfide) groups is 1. The molecule has 0 radical (unpaired) electrons. The smallest absolute Gasteiger partial charge is 0.210 e. The molecule has 0 aliphatic rings. The minimum Gasteiger partial charge on any atom is -0.549 e. The molecular formula is C10H8BrN4O2S-. The molecule has 0 aliphatic heterocycles. The average molecular weight is 328 g/mol. The third-order valence-corrected chi connectivity index (χ3v) is 3.53. The summed E-state index contributed by atoms with van der Waals surface area (Å²) in [6.07, 6.45) is 0. The van der Waals surface area contributed by atoms with Gasteiger partial charge in [0, 0.05) is 15.8 Å². The highest BCUT2D eigenvalue weighted by Crippen LogP contribution is 2.22. The molecule has 0 unspecified atom stereocenters. The number of nitrogens with zero attached hydrogens (tertiary/aromatic N) is 3. The van der Waals surface area contributed by atoms with Crippen LogP contribution in [-0.2, 0) is 4.79 Å². The third kappa shape index (κ3) is 2.82. The number of nitrogen functional groups attached to an aromatic ring is 1. The van der Waals surface area contributed by atoms with Gasteiger partial charge in [-0.1, -0.05) is 39.8 Å². The molecule has 1 aromatic heterocycles. The number of halogens is 1.